The van der Waals surface area contributed by atoms with Crippen molar-refractivity contribution in [2.24, 2.45) is 0 Å². The van der Waals surface area contributed by atoms with Gasteiger partial charge in [-0.2, -0.15) is 0 Å². The molecule has 0 saturated heterocycles. The first-order valence-corrected chi connectivity index (χ1v) is 8.18. The van der Waals surface area contributed by atoms with E-state index in [4.69, 9.17) is 4.74 Å². The molecule has 3 N–H and O–H groups in total. The number of ether oxygens (including phenoxy) is 1. The fourth-order valence-corrected chi connectivity index (χ4v) is 2.76. The normalized spacial score (nSPS) is 16.0. The van der Waals surface area contributed by atoms with Gasteiger partial charge in [0.25, 0.3) is 5.91 Å². The molecule has 134 valence electrons. The third-order valence-corrected chi connectivity index (χ3v) is 4.11. The lowest BCUT2D eigenvalue weighted by Crippen LogP contribution is -2.44. The van der Waals surface area contributed by atoms with Gasteiger partial charge in [-0.25, -0.2) is 0 Å². The molecule has 7 nitrogen and oxygen atoms in total. The molecule has 0 aliphatic carbocycles. The minimum Gasteiger partial charge on any atom is -0.496 e. The van der Waals surface area contributed by atoms with E-state index < -0.39 is 11.9 Å². The molecule has 3 amide bonds. The molecule has 1 aliphatic rings. The Morgan fingerprint density at radius 3 is 2.65 bits per heavy atom. The SMILES string of the molecule is COc1ccccc1CNC(=O)C[C@@H]1NC(=O)c2ccccc2NC1=O. The Kier molecular flexibility index (Phi) is 5.17. The lowest BCUT2D eigenvalue weighted by molar-refractivity contribution is -0.125. The Morgan fingerprint density at radius 1 is 1.12 bits per heavy atom. The van der Waals surface area contributed by atoms with Crippen molar-refractivity contribution in [2.45, 2.75) is 19.0 Å². The van der Waals surface area contributed by atoms with Gasteiger partial charge in [-0.05, 0) is 18.2 Å². The molecule has 3 rings (SSSR count). The summed E-state index contributed by atoms with van der Waals surface area (Å²) in [6.07, 6.45) is -0.152. The highest BCUT2D eigenvalue weighted by molar-refractivity contribution is 6.10. The number of rotatable bonds is 5. The number of nitrogens with one attached hydrogen (secondary N) is 3. The van der Waals surface area contributed by atoms with Gasteiger partial charge in [0.2, 0.25) is 11.8 Å². The summed E-state index contributed by atoms with van der Waals surface area (Å²) in [5.74, 6) is -0.483. The Morgan fingerprint density at radius 2 is 1.85 bits per heavy atom. The third-order valence-electron chi connectivity index (χ3n) is 4.11. The van der Waals surface area contributed by atoms with Crippen molar-refractivity contribution in [3.63, 3.8) is 0 Å². The van der Waals surface area contributed by atoms with Gasteiger partial charge in [-0.3, -0.25) is 14.4 Å². The average molecular weight is 353 g/mol. The van der Waals surface area contributed by atoms with Gasteiger partial charge in [0.15, 0.2) is 0 Å². The van der Waals surface area contributed by atoms with Crippen LogP contribution in [0.2, 0.25) is 0 Å². The number of hydrogen-bond donors (Lipinski definition) is 3. The van der Waals surface area contributed by atoms with E-state index in [2.05, 4.69) is 16.0 Å². The fraction of sp³-hybridized carbons (Fsp3) is 0.211. The summed E-state index contributed by atoms with van der Waals surface area (Å²) in [5, 5.41) is 8.03. The van der Waals surface area contributed by atoms with Crippen LogP contribution < -0.4 is 20.7 Å². The van der Waals surface area contributed by atoms with Crippen LogP contribution in [-0.4, -0.2) is 30.9 Å². The van der Waals surface area contributed by atoms with E-state index in [1.807, 2.05) is 18.2 Å². The van der Waals surface area contributed by atoms with E-state index in [0.717, 1.165) is 5.56 Å². The first-order valence-electron chi connectivity index (χ1n) is 8.18. The molecule has 7 heteroatoms. The first-order chi connectivity index (χ1) is 12.6. The van der Waals surface area contributed by atoms with Gasteiger partial charge in [0.05, 0.1) is 24.8 Å². The Labute approximate surface area is 150 Å². The highest BCUT2D eigenvalue weighted by Crippen LogP contribution is 2.19. The summed E-state index contributed by atoms with van der Waals surface area (Å²) in [5.41, 5.74) is 1.63. The monoisotopic (exact) mass is 353 g/mol. The maximum Gasteiger partial charge on any atom is 0.254 e. The number of amides is 3. The largest absolute Gasteiger partial charge is 0.496 e. The van der Waals surface area contributed by atoms with Crippen LogP contribution in [0.15, 0.2) is 48.5 Å². The molecular formula is C19H19N3O4. The van der Waals surface area contributed by atoms with Gasteiger partial charge < -0.3 is 20.7 Å². The average Bonchev–Trinajstić information content (AvgIpc) is 2.77. The van der Waals surface area contributed by atoms with Crippen LogP contribution >= 0.6 is 0 Å². The highest BCUT2D eigenvalue weighted by atomic mass is 16.5. The number of methoxy groups -OCH3 is 1. The smallest absolute Gasteiger partial charge is 0.254 e. The van der Waals surface area contributed by atoms with Crippen LogP contribution in [0.1, 0.15) is 22.3 Å². The van der Waals surface area contributed by atoms with Crippen molar-refractivity contribution in [1.29, 1.82) is 0 Å². The van der Waals surface area contributed by atoms with Crippen LogP contribution in [0.4, 0.5) is 5.69 Å². The third kappa shape index (κ3) is 3.83. The summed E-state index contributed by atoms with van der Waals surface area (Å²) < 4.78 is 5.24. The Hall–Kier alpha value is -3.35. The fourth-order valence-electron chi connectivity index (χ4n) is 2.76. The molecular weight excluding hydrogens is 334 g/mol. The summed E-state index contributed by atoms with van der Waals surface area (Å²) in [7, 11) is 1.56. The minimum absolute atomic E-state index is 0.152. The zero-order valence-electron chi connectivity index (χ0n) is 14.2. The topological polar surface area (TPSA) is 96.5 Å². The van der Waals surface area contributed by atoms with Crippen LogP contribution in [0.25, 0.3) is 0 Å². The van der Waals surface area contributed by atoms with Crippen molar-refractivity contribution in [3.05, 3.63) is 59.7 Å². The summed E-state index contributed by atoms with van der Waals surface area (Å²) in [6.45, 7) is 0.269. The summed E-state index contributed by atoms with van der Waals surface area (Å²) in [4.78, 5) is 36.8. The van der Waals surface area contributed by atoms with E-state index in [1.165, 1.54) is 0 Å². The van der Waals surface area contributed by atoms with Crippen LogP contribution in [0.3, 0.4) is 0 Å². The predicted octanol–water partition coefficient (Wildman–Crippen LogP) is 1.45. The number of para-hydroxylation sites is 2. The van der Waals surface area contributed by atoms with Gasteiger partial charge in [0, 0.05) is 12.1 Å². The summed E-state index contributed by atoms with van der Waals surface area (Å²) >= 11 is 0. The molecule has 1 atom stereocenters. The van der Waals surface area contributed by atoms with Crippen molar-refractivity contribution in [3.8, 4) is 5.75 Å². The molecule has 1 heterocycles. The van der Waals surface area contributed by atoms with Crippen molar-refractivity contribution in [2.75, 3.05) is 12.4 Å². The van der Waals surface area contributed by atoms with E-state index >= 15 is 0 Å². The maximum atomic E-state index is 12.3. The number of benzene rings is 2. The molecule has 0 unspecified atom stereocenters. The van der Waals surface area contributed by atoms with Crippen molar-refractivity contribution in [1.82, 2.24) is 10.6 Å². The lowest BCUT2D eigenvalue weighted by atomic mass is 10.1. The van der Waals surface area contributed by atoms with E-state index in [9.17, 15) is 14.4 Å². The molecule has 2 aromatic carbocycles. The second-order valence-electron chi connectivity index (χ2n) is 5.85. The number of anilines is 1. The van der Waals surface area contributed by atoms with Crippen LogP contribution in [0, 0.1) is 0 Å². The molecule has 2 aromatic rings. The molecule has 0 aromatic heterocycles. The zero-order chi connectivity index (χ0) is 18.5. The second-order valence-corrected chi connectivity index (χ2v) is 5.85. The van der Waals surface area contributed by atoms with Gasteiger partial charge in [-0.15, -0.1) is 0 Å². The lowest BCUT2D eigenvalue weighted by Gasteiger charge is -2.15. The van der Waals surface area contributed by atoms with Gasteiger partial charge in [-0.1, -0.05) is 30.3 Å². The molecule has 26 heavy (non-hydrogen) atoms. The zero-order valence-corrected chi connectivity index (χ0v) is 14.2. The minimum atomic E-state index is -0.937. The summed E-state index contributed by atoms with van der Waals surface area (Å²) in [6, 6.07) is 13.1. The maximum absolute atomic E-state index is 12.3. The van der Waals surface area contributed by atoms with Crippen molar-refractivity contribution >= 4 is 23.4 Å². The second kappa shape index (κ2) is 7.69. The number of carbonyl (C=O) groups excluding carboxylic acids is 3. The number of hydrogen-bond acceptors (Lipinski definition) is 4. The molecule has 0 fully saturated rings. The van der Waals surface area contributed by atoms with Crippen LogP contribution in [0.5, 0.6) is 5.75 Å². The number of fused-ring (bicyclic) bond motifs is 1. The molecule has 1 aliphatic heterocycles. The standard InChI is InChI=1S/C19H19N3O4/c1-26-16-9-5-2-6-12(16)11-20-17(23)10-15-19(25)21-14-8-4-3-7-13(14)18(24)22-15/h2-9,15H,10-11H2,1H3,(H,20,23)(H,21,25)(H,22,24)/t15-/m0/s1. The molecule has 0 bridgehead atoms. The quantitative estimate of drug-likeness (QED) is 0.758. The number of carbonyl (C=O) groups is 3. The molecule has 0 spiro atoms. The predicted molar refractivity (Wildman–Crippen MR) is 95.8 cm³/mol. The van der Waals surface area contributed by atoms with E-state index in [1.54, 1.807) is 37.4 Å². The van der Waals surface area contributed by atoms with E-state index in [-0.39, 0.29) is 24.8 Å². The Balaban J connectivity index is 1.63. The van der Waals surface area contributed by atoms with Crippen LogP contribution in [-0.2, 0) is 16.1 Å². The molecule has 0 saturated carbocycles. The van der Waals surface area contributed by atoms with Gasteiger partial charge in [0.1, 0.15) is 11.8 Å². The van der Waals surface area contributed by atoms with Crippen molar-refractivity contribution < 1.29 is 19.1 Å². The highest BCUT2D eigenvalue weighted by Gasteiger charge is 2.29. The Bertz CT molecular complexity index is 850. The van der Waals surface area contributed by atoms with E-state index in [0.29, 0.717) is 17.0 Å². The molecule has 0 radical (unpaired) electrons. The van der Waals surface area contributed by atoms with Gasteiger partial charge >= 0.3 is 0 Å². The first kappa shape index (κ1) is 17.5.